The molecule has 0 unspecified atom stereocenters. The van der Waals surface area contributed by atoms with E-state index < -0.39 is 12.0 Å². The highest BCUT2D eigenvalue weighted by Gasteiger charge is 2.22. The second kappa shape index (κ2) is 5.13. The van der Waals surface area contributed by atoms with Crippen molar-refractivity contribution in [2.24, 2.45) is 5.92 Å². The standard InChI is InChI=1S/C7H12BrNO3/c1-4(2)6(7(11)12)9-5(10)3-8/h4,6H,3H2,1-2H3,(H,9,10)(H,11,12)/t6-/m0/s1. The van der Waals surface area contributed by atoms with Gasteiger partial charge in [-0.15, -0.1) is 0 Å². The summed E-state index contributed by atoms with van der Waals surface area (Å²) >= 11 is 2.94. The Morgan fingerprint density at radius 1 is 1.50 bits per heavy atom. The molecule has 0 aromatic rings. The van der Waals surface area contributed by atoms with Gasteiger partial charge in [-0.1, -0.05) is 29.8 Å². The van der Waals surface area contributed by atoms with Gasteiger partial charge < -0.3 is 10.4 Å². The van der Waals surface area contributed by atoms with Crippen molar-refractivity contribution < 1.29 is 14.7 Å². The fraction of sp³-hybridized carbons (Fsp3) is 0.714. The molecule has 0 aliphatic carbocycles. The van der Waals surface area contributed by atoms with Crippen LogP contribution in [0.15, 0.2) is 0 Å². The Bertz CT molecular complexity index is 181. The average Bonchev–Trinajstić information content (AvgIpc) is 1.98. The molecule has 1 amide bonds. The van der Waals surface area contributed by atoms with Crippen molar-refractivity contribution in [2.75, 3.05) is 5.33 Å². The molecule has 5 heteroatoms. The van der Waals surface area contributed by atoms with Crippen molar-refractivity contribution in [1.82, 2.24) is 5.32 Å². The number of hydrogen-bond acceptors (Lipinski definition) is 2. The van der Waals surface area contributed by atoms with Gasteiger partial charge in [-0.2, -0.15) is 0 Å². The fourth-order valence-corrected chi connectivity index (χ4v) is 0.887. The van der Waals surface area contributed by atoms with E-state index in [0.29, 0.717) is 0 Å². The van der Waals surface area contributed by atoms with Gasteiger partial charge in [0.05, 0.1) is 5.33 Å². The van der Waals surface area contributed by atoms with E-state index in [4.69, 9.17) is 5.11 Å². The van der Waals surface area contributed by atoms with Crippen LogP contribution in [0.2, 0.25) is 0 Å². The van der Waals surface area contributed by atoms with Crippen LogP contribution < -0.4 is 5.32 Å². The topological polar surface area (TPSA) is 66.4 Å². The van der Waals surface area contributed by atoms with E-state index in [-0.39, 0.29) is 17.2 Å². The Kier molecular flexibility index (Phi) is 4.89. The van der Waals surface area contributed by atoms with E-state index in [2.05, 4.69) is 21.2 Å². The molecule has 0 aromatic heterocycles. The quantitative estimate of drug-likeness (QED) is 0.705. The molecule has 0 spiro atoms. The van der Waals surface area contributed by atoms with Gasteiger partial charge in [0.25, 0.3) is 0 Å². The maximum atomic E-state index is 10.8. The molecule has 0 aromatic carbocycles. The van der Waals surface area contributed by atoms with Gasteiger partial charge in [-0.25, -0.2) is 4.79 Å². The average molecular weight is 238 g/mol. The van der Waals surface area contributed by atoms with Gasteiger partial charge in [-0.3, -0.25) is 4.79 Å². The third-order valence-corrected chi connectivity index (χ3v) is 1.88. The zero-order valence-corrected chi connectivity index (χ0v) is 8.59. The minimum atomic E-state index is -1.00. The highest BCUT2D eigenvalue weighted by atomic mass is 79.9. The third-order valence-electron chi connectivity index (χ3n) is 1.37. The molecule has 12 heavy (non-hydrogen) atoms. The zero-order chi connectivity index (χ0) is 9.72. The summed E-state index contributed by atoms with van der Waals surface area (Å²) in [4.78, 5) is 21.4. The number of rotatable bonds is 4. The van der Waals surface area contributed by atoms with Crippen LogP contribution in [0.1, 0.15) is 13.8 Å². The number of alkyl halides is 1. The van der Waals surface area contributed by atoms with Crippen molar-refractivity contribution in [3.05, 3.63) is 0 Å². The van der Waals surface area contributed by atoms with Crippen molar-refractivity contribution >= 4 is 27.8 Å². The Morgan fingerprint density at radius 2 is 2.00 bits per heavy atom. The highest BCUT2D eigenvalue weighted by Crippen LogP contribution is 2.01. The lowest BCUT2D eigenvalue weighted by atomic mass is 10.1. The van der Waals surface area contributed by atoms with Gasteiger partial charge >= 0.3 is 5.97 Å². The highest BCUT2D eigenvalue weighted by molar-refractivity contribution is 9.09. The normalized spacial score (nSPS) is 12.7. The Morgan fingerprint density at radius 3 is 2.25 bits per heavy atom. The number of amides is 1. The SMILES string of the molecule is CC(C)[C@H](NC(=O)CBr)C(=O)O. The van der Waals surface area contributed by atoms with Gasteiger partial charge in [0.2, 0.25) is 5.91 Å². The Balaban J connectivity index is 4.14. The van der Waals surface area contributed by atoms with Crippen LogP contribution in [-0.2, 0) is 9.59 Å². The molecule has 0 saturated heterocycles. The molecule has 0 heterocycles. The van der Waals surface area contributed by atoms with Crippen LogP contribution in [0.4, 0.5) is 0 Å². The van der Waals surface area contributed by atoms with E-state index in [1.54, 1.807) is 13.8 Å². The minimum Gasteiger partial charge on any atom is -0.480 e. The predicted molar refractivity (Wildman–Crippen MR) is 48.2 cm³/mol. The van der Waals surface area contributed by atoms with Gasteiger partial charge in [0, 0.05) is 0 Å². The molecular formula is C7H12BrNO3. The van der Waals surface area contributed by atoms with Crippen molar-refractivity contribution in [3.8, 4) is 0 Å². The van der Waals surface area contributed by atoms with Crippen molar-refractivity contribution in [1.29, 1.82) is 0 Å². The summed E-state index contributed by atoms with van der Waals surface area (Å²) in [6, 6.07) is -0.796. The first-order chi connectivity index (χ1) is 5.49. The number of carboxylic acid groups (broad SMARTS) is 1. The van der Waals surface area contributed by atoms with Gasteiger partial charge in [0.1, 0.15) is 6.04 Å². The minimum absolute atomic E-state index is 0.106. The molecule has 0 bridgehead atoms. The molecule has 2 N–H and O–H groups in total. The molecular weight excluding hydrogens is 226 g/mol. The first-order valence-corrected chi connectivity index (χ1v) is 4.69. The van der Waals surface area contributed by atoms with Crippen molar-refractivity contribution in [2.45, 2.75) is 19.9 Å². The first-order valence-electron chi connectivity index (χ1n) is 3.57. The monoisotopic (exact) mass is 237 g/mol. The van der Waals surface area contributed by atoms with E-state index in [1.807, 2.05) is 0 Å². The van der Waals surface area contributed by atoms with Crippen LogP contribution in [0.25, 0.3) is 0 Å². The molecule has 0 aliphatic rings. The number of carbonyl (C=O) groups is 2. The number of aliphatic carboxylic acids is 1. The summed E-state index contributed by atoms with van der Waals surface area (Å²) in [6.07, 6.45) is 0. The van der Waals surface area contributed by atoms with E-state index in [9.17, 15) is 9.59 Å². The number of nitrogens with one attached hydrogen (secondary N) is 1. The summed E-state index contributed by atoms with van der Waals surface area (Å²) in [6.45, 7) is 3.49. The second-order valence-electron chi connectivity index (χ2n) is 2.76. The lowest BCUT2D eigenvalue weighted by Crippen LogP contribution is -2.44. The van der Waals surface area contributed by atoms with Crippen LogP contribution in [0.5, 0.6) is 0 Å². The maximum Gasteiger partial charge on any atom is 0.326 e. The summed E-state index contributed by atoms with van der Waals surface area (Å²) in [5, 5.41) is 11.2. The number of halogens is 1. The molecule has 0 radical (unpaired) electrons. The van der Waals surface area contributed by atoms with Crippen molar-refractivity contribution in [3.63, 3.8) is 0 Å². The molecule has 0 fully saturated rings. The van der Waals surface area contributed by atoms with Gasteiger partial charge in [-0.05, 0) is 5.92 Å². The Hall–Kier alpha value is -0.580. The van der Waals surface area contributed by atoms with Crippen LogP contribution >= 0.6 is 15.9 Å². The van der Waals surface area contributed by atoms with Crippen LogP contribution in [0.3, 0.4) is 0 Å². The van der Waals surface area contributed by atoms with Crippen LogP contribution in [0, 0.1) is 5.92 Å². The molecule has 70 valence electrons. The fourth-order valence-electron chi connectivity index (χ4n) is 0.726. The van der Waals surface area contributed by atoms with E-state index in [1.165, 1.54) is 0 Å². The number of hydrogen-bond donors (Lipinski definition) is 2. The maximum absolute atomic E-state index is 10.8. The lowest BCUT2D eigenvalue weighted by molar-refractivity contribution is -0.142. The van der Waals surface area contributed by atoms with E-state index >= 15 is 0 Å². The Labute approximate surface area is 79.5 Å². The zero-order valence-electron chi connectivity index (χ0n) is 7.00. The molecule has 0 aliphatic heterocycles. The summed E-state index contributed by atoms with van der Waals surface area (Å²) < 4.78 is 0. The second-order valence-corrected chi connectivity index (χ2v) is 3.32. The largest absolute Gasteiger partial charge is 0.480 e. The summed E-state index contributed by atoms with van der Waals surface area (Å²) in [7, 11) is 0. The molecule has 0 saturated carbocycles. The summed E-state index contributed by atoms with van der Waals surface area (Å²) in [5.41, 5.74) is 0. The van der Waals surface area contributed by atoms with E-state index in [0.717, 1.165) is 0 Å². The smallest absolute Gasteiger partial charge is 0.326 e. The lowest BCUT2D eigenvalue weighted by Gasteiger charge is -2.16. The predicted octanol–water partition coefficient (Wildman–Crippen LogP) is 0.607. The third kappa shape index (κ3) is 3.71. The summed E-state index contributed by atoms with van der Waals surface area (Å²) in [5.74, 6) is -1.42. The molecule has 1 atom stereocenters. The first kappa shape index (κ1) is 11.4. The van der Waals surface area contributed by atoms with Crippen LogP contribution in [-0.4, -0.2) is 28.4 Å². The number of carboxylic acids is 1. The van der Waals surface area contributed by atoms with Gasteiger partial charge in [0.15, 0.2) is 0 Å². The molecule has 4 nitrogen and oxygen atoms in total. The number of carbonyl (C=O) groups excluding carboxylic acids is 1. The molecule has 0 rings (SSSR count).